The lowest BCUT2D eigenvalue weighted by molar-refractivity contribution is 0.527. The van der Waals surface area contributed by atoms with Crippen LogP contribution < -0.4 is 0 Å². The van der Waals surface area contributed by atoms with Crippen LogP contribution in [0.1, 0.15) is 22.9 Å². The summed E-state index contributed by atoms with van der Waals surface area (Å²) in [4.78, 5) is 0. The van der Waals surface area contributed by atoms with Crippen LogP contribution in [0.5, 0.6) is 0 Å². The third kappa shape index (κ3) is 4.11. The highest BCUT2D eigenvalue weighted by Gasteiger charge is 2.09. The number of aromatic nitrogens is 3. The maximum atomic E-state index is 5.49. The second-order valence-corrected chi connectivity index (χ2v) is 6.81. The molecule has 0 radical (unpaired) electrons. The Morgan fingerprint density at radius 1 is 1.17 bits per heavy atom. The van der Waals surface area contributed by atoms with Gasteiger partial charge in [-0.3, -0.25) is 0 Å². The van der Waals surface area contributed by atoms with Gasteiger partial charge in [0, 0.05) is 10.2 Å². The molecule has 0 bridgehead atoms. The standard InChI is InChI=1S/C16H15BrN4OS/c1-11-3-8-15(22-11)9-18-21-12(2)19-20-16(21)23-10-13-4-6-14(17)7-5-13/h3-9H,10H2,1-2H3/b18-9+. The molecule has 0 aliphatic heterocycles. The molecule has 5 nitrogen and oxygen atoms in total. The molecule has 0 fully saturated rings. The van der Waals surface area contributed by atoms with E-state index >= 15 is 0 Å². The van der Waals surface area contributed by atoms with Crippen molar-refractivity contribution in [3.8, 4) is 0 Å². The smallest absolute Gasteiger partial charge is 0.212 e. The molecule has 2 heterocycles. The van der Waals surface area contributed by atoms with Crippen molar-refractivity contribution >= 4 is 33.9 Å². The van der Waals surface area contributed by atoms with Crippen molar-refractivity contribution in [1.29, 1.82) is 0 Å². The molecule has 0 atom stereocenters. The highest BCUT2D eigenvalue weighted by atomic mass is 79.9. The van der Waals surface area contributed by atoms with E-state index in [4.69, 9.17) is 4.42 Å². The molecule has 0 saturated heterocycles. The number of nitrogens with zero attached hydrogens (tertiary/aromatic N) is 4. The minimum Gasteiger partial charge on any atom is -0.460 e. The lowest BCUT2D eigenvalue weighted by atomic mass is 10.2. The van der Waals surface area contributed by atoms with Gasteiger partial charge in [0.15, 0.2) is 5.82 Å². The number of thioether (sulfide) groups is 1. The lowest BCUT2D eigenvalue weighted by Gasteiger charge is -2.02. The molecular weight excluding hydrogens is 376 g/mol. The highest BCUT2D eigenvalue weighted by molar-refractivity contribution is 9.10. The summed E-state index contributed by atoms with van der Waals surface area (Å²) in [6, 6.07) is 12.0. The average molecular weight is 391 g/mol. The minimum atomic E-state index is 0.708. The summed E-state index contributed by atoms with van der Waals surface area (Å²) >= 11 is 5.04. The van der Waals surface area contributed by atoms with Crippen LogP contribution in [-0.2, 0) is 5.75 Å². The van der Waals surface area contributed by atoms with Gasteiger partial charge in [-0.05, 0) is 43.7 Å². The predicted molar refractivity (Wildman–Crippen MR) is 94.9 cm³/mol. The van der Waals surface area contributed by atoms with E-state index in [-0.39, 0.29) is 0 Å². The van der Waals surface area contributed by atoms with Gasteiger partial charge in [-0.2, -0.15) is 9.78 Å². The van der Waals surface area contributed by atoms with E-state index < -0.39 is 0 Å². The molecule has 0 amide bonds. The van der Waals surface area contributed by atoms with Gasteiger partial charge in [0.25, 0.3) is 0 Å². The molecule has 3 rings (SSSR count). The molecule has 1 aromatic carbocycles. The Morgan fingerprint density at radius 2 is 1.96 bits per heavy atom. The number of hydrogen-bond acceptors (Lipinski definition) is 5. The van der Waals surface area contributed by atoms with Gasteiger partial charge in [0.1, 0.15) is 11.5 Å². The van der Waals surface area contributed by atoms with Gasteiger partial charge in [-0.1, -0.05) is 39.8 Å². The fourth-order valence-electron chi connectivity index (χ4n) is 1.93. The topological polar surface area (TPSA) is 56.2 Å². The van der Waals surface area contributed by atoms with Gasteiger partial charge in [0.05, 0.1) is 6.21 Å². The Bertz CT molecular complexity index is 823. The van der Waals surface area contributed by atoms with Crippen molar-refractivity contribution in [2.24, 2.45) is 5.10 Å². The summed E-state index contributed by atoms with van der Waals surface area (Å²) < 4.78 is 8.28. The molecule has 0 saturated carbocycles. The molecule has 7 heteroatoms. The molecule has 0 spiro atoms. The van der Waals surface area contributed by atoms with E-state index in [1.165, 1.54) is 5.56 Å². The van der Waals surface area contributed by atoms with Crippen molar-refractivity contribution in [2.75, 3.05) is 0 Å². The van der Waals surface area contributed by atoms with E-state index in [0.717, 1.165) is 27.0 Å². The molecule has 2 aromatic heterocycles. The molecular formula is C16H15BrN4OS. The average Bonchev–Trinajstić information content (AvgIpc) is 3.11. The van der Waals surface area contributed by atoms with Crippen LogP contribution in [0.4, 0.5) is 0 Å². The minimum absolute atomic E-state index is 0.708. The van der Waals surface area contributed by atoms with E-state index in [9.17, 15) is 0 Å². The zero-order chi connectivity index (χ0) is 16.2. The monoisotopic (exact) mass is 390 g/mol. The Morgan fingerprint density at radius 3 is 2.65 bits per heavy atom. The van der Waals surface area contributed by atoms with Crippen LogP contribution in [0, 0.1) is 13.8 Å². The summed E-state index contributed by atoms with van der Waals surface area (Å²) in [6.07, 6.45) is 1.67. The van der Waals surface area contributed by atoms with Crippen molar-refractivity contribution in [3.63, 3.8) is 0 Å². The van der Waals surface area contributed by atoms with Crippen molar-refractivity contribution < 1.29 is 4.42 Å². The molecule has 0 aliphatic carbocycles. The van der Waals surface area contributed by atoms with E-state index in [1.807, 2.05) is 38.1 Å². The predicted octanol–water partition coefficient (Wildman–Crippen LogP) is 4.42. The first-order valence-corrected chi connectivity index (χ1v) is 8.80. The van der Waals surface area contributed by atoms with Crippen LogP contribution in [-0.4, -0.2) is 21.1 Å². The number of furan rings is 1. The zero-order valence-electron chi connectivity index (χ0n) is 12.7. The SMILES string of the molecule is Cc1ccc(/C=N/n2c(C)nnc2SCc2ccc(Br)cc2)o1. The van der Waals surface area contributed by atoms with E-state index in [0.29, 0.717) is 5.76 Å². The van der Waals surface area contributed by atoms with Crippen LogP contribution in [0.3, 0.4) is 0 Å². The van der Waals surface area contributed by atoms with Crippen LogP contribution in [0.15, 0.2) is 55.5 Å². The first-order chi connectivity index (χ1) is 11.1. The lowest BCUT2D eigenvalue weighted by Crippen LogP contribution is -1.96. The van der Waals surface area contributed by atoms with Gasteiger partial charge in [-0.15, -0.1) is 10.2 Å². The second kappa shape index (κ2) is 7.14. The van der Waals surface area contributed by atoms with Crippen LogP contribution >= 0.6 is 27.7 Å². The van der Waals surface area contributed by atoms with Crippen molar-refractivity contribution in [3.05, 3.63) is 63.8 Å². The Hall–Kier alpha value is -1.86. The van der Waals surface area contributed by atoms with Crippen molar-refractivity contribution in [2.45, 2.75) is 24.8 Å². The second-order valence-electron chi connectivity index (χ2n) is 4.95. The normalized spacial score (nSPS) is 11.4. The third-order valence-electron chi connectivity index (χ3n) is 3.11. The number of hydrogen-bond donors (Lipinski definition) is 0. The molecule has 3 aromatic rings. The highest BCUT2D eigenvalue weighted by Crippen LogP contribution is 2.22. The van der Waals surface area contributed by atoms with Gasteiger partial charge in [-0.25, -0.2) is 0 Å². The first kappa shape index (κ1) is 16.0. The largest absolute Gasteiger partial charge is 0.460 e. The Balaban J connectivity index is 1.73. The molecule has 0 N–H and O–H groups in total. The van der Waals surface area contributed by atoms with Crippen molar-refractivity contribution in [1.82, 2.24) is 14.9 Å². The van der Waals surface area contributed by atoms with Gasteiger partial charge < -0.3 is 4.42 Å². The quantitative estimate of drug-likeness (QED) is 0.477. The first-order valence-electron chi connectivity index (χ1n) is 7.02. The summed E-state index contributed by atoms with van der Waals surface area (Å²) in [7, 11) is 0. The van der Waals surface area contributed by atoms with Crippen LogP contribution in [0.25, 0.3) is 0 Å². The Kier molecular flexibility index (Phi) is 4.97. The maximum absolute atomic E-state index is 5.49. The fraction of sp³-hybridized carbons (Fsp3) is 0.188. The summed E-state index contributed by atoms with van der Waals surface area (Å²) in [6.45, 7) is 3.78. The third-order valence-corrected chi connectivity index (χ3v) is 4.63. The van der Waals surface area contributed by atoms with E-state index in [2.05, 4.69) is 43.4 Å². The Labute approximate surface area is 146 Å². The molecule has 23 heavy (non-hydrogen) atoms. The van der Waals surface area contributed by atoms with E-state index in [1.54, 1.807) is 22.7 Å². The van der Waals surface area contributed by atoms with Gasteiger partial charge in [0.2, 0.25) is 5.16 Å². The maximum Gasteiger partial charge on any atom is 0.212 e. The molecule has 0 aliphatic rings. The molecule has 118 valence electrons. The number of halogens is 1. The van der Waals surface area contributed by atoms with Gasteiger partial charge >= 0.3 is 0 Å². The summed E-state index contributed by atoms with van der Waals surface area (Å²) in [5.41, 5.74) is 1.22. The fourth-order valence-corrected chi connectivity index (χ4v) is 3.08. The summed E-state index contributed by atoms with van der Waals surface area (Å²) in [5.74, 6) is 3.11. The zero-order valence-corrected chi connectivity index (χ0v) is 15.1. The molecule has 0 unspecified atom stereocenters. The number of aryl methyl sites for hydroxylation is 2. The number of rotatable bonds is 5. The summed E-state index contributed by atoms with van der Waals surface area (Å²) in [5, 5.41) is 13.5. The number of benzene rings is 1. The van der Waals surface area contributed by atoms with Crippen LogP contribution in [0.2, 0.25) is 0 Å².